The average Bonchev–Trinajstić information content (AvgIpc) is 2.45. The second kappa shape index (κ2) is 6.12. The second-order valence-corrected chi connectivity index (χ2v) is 4.14. The van der Waals surface area contributed by atoms with E-state index in [0.717, 1.165) is 36.0 Å². The van der Waals surface area contributed by atoms with Gasteiger partial charge in [-0.15, -0.1) is 0 Å². The van der Waals surface area contributed by atoms with Gasteiger partial charge < -0.3 is 4.74 Å². The molecule has 2 heteroatoms. The van der Waals surface area contributed by atoms with Crippen LogP contribution in [0.15, 0.2) is 48.5 Å². The number of methoxy groups -OCH3 is 1. The van der Waals surface area contributed by atoms with Crippen molar-refractivity contribution in [2.24, 2.45) is 0 Å². The van der Waals surface area contributed by atoms with Crippen LogP contribution in [0.2, 0.25) is 0 Å². The Kier molecular flexibility index (Phi) is 4.26. The minimum Gasteiger partial charge on any atom is -0.384 e. The number of benzene rings is 2. The maximum Gasteiger partial charge on any atom is 0.150 e. The molecule has 92 valence electrons. The highest BCUT2D eigenvalue weighted by Gasteiger charge is 2.03. The molecule has 18 heavy (non-hydrogen) atoms. The van der Waals surface area contributed by atoms with Gasteiger partial charge in [0, 0.05) is 12.7 Å². The zero-order chi connectivity index (χ0) is 12.8. The first-order valence-electron chi connectivity index (χ1n) is 5.97. The molecule has 0 spiro atoms. The van der Waals surface area contributed by atoms with Crippen molar-refractivity contribution in [3.8, 4) is 11.1 Å². The summed E-state index contributed by atoms with van der Waals surface area (Å²) in [6.07, 6.45) is 1.81. The topological polar surface area (TPSA) is 26.3 Å². The van der Waals surface area contributed by atoms with Gasteiger partial charge in [0.15, 0.2) is 6.29 Å². The molecule has 0 saturated carbocycles. The summed E-state index contributed by atoms with van der Waals surface area (Å²) >= 11 is 0. The summed E-state index contributed by atoms with van der Waals surface area (Å²) in [5.74, 6) is 0. The molecule has 0 N–H and O–H groups in total. The molecule has 0 aromatic heterocycles. The van der Waals surface area contributed by atoms with Gasteiger partial charge >= 0.3 is 0 Å². The van der Waals surface area contributed by atoms with E-state index in [0.29, 0.717) is 0 Å². The number of carbonyl (C=O) groups is 1. The predicted octanol–water partition coefficient (Wildman–Crippen LogP) is 3.36. The van der Waals surface area contributed by atoms with Crippen LogP contribution in [0.3, 0.4) is 0 Å². The van der Waals surface area contributed by atoms with Crippen molar-refractivity contribution >= 4 is 6.29 Å². The minimum absolute atomic E-state index is 0.724. The van der Waals surface area contributed by atoms with E-state index >= 15 is 0 Å². The fourth-order valence-corrected chi connectivity index (χ4v) is 1.93. The Morgan fingerprint density at radius 3 is 2.44 bits per heavy atom. The summed E-state index contributed by atoms with van der Waals surface area (Å²) in [6, 6.07) is 15.9. The fourth-order valence-electron chi connectivity index (χ4n) is 1.93. The Hall–Kier alpha value is -1.93. The number of hydrogen-bond acceptors (Lipinski definition) is 2. The minimum atomic E-state index is 0.724. The van der Waals surface area contributed by atoms with E-state index in [9.17, 15) is 4.79 Å². The normalized spacial score (nSPS) is 10.3. The first-order valence-corrected chi connectivity index (χ1v) is 5.97. The Balaban J connectivity index is 2.26. The van der Waals surface area contributed by atoms with Crippen LogP contribution in [0.4, 0.5) is 0 Å². The van der Waals surface area contributed by atoms with Gasteiger partial charge in [0.1, 0.15) is 0 Å². The molecule has 0 fully saturated rings. The molecule has 0 aliphatic carbocycles. The Morgan fingerprint density at radius 1 is 1.06 bits per heavy atom. The van der Waals surface area contributed by atoms with Crippen molar-refractivity contribution in [3.63, 3.8) is 0 Å². The van der Waals surface area contributed by atoms with Crippen LogP contribution in [-0.2, 0) is 11.2 Å². The molecule has 0 heterocycles. The third kappa shape index (κ3) is 2.84. The van der Waals surface area contributed by atoms with Crippen molar-refractivity contribution < 1.29 is 9.53 Å². The summed E-state index contributed by atoms with van der Waals surface area (Å²) in [7, 11) is 1.70. The van der Waals surface area contributed by atoms with E-state index in [1.165, 1.54) is 5.56 Å². The number of aldehydes is 1. The number of rotatable bonds is 5. The zero-order valence-electron chi connectivity index (χ0n) is 10.4. The monoisotopic (exact) mass is 240 g/mol. The van der Waals surface area contributed by atoms with Gasteiger partial charge in [-0.2, -0.15) is 0 Å². The van der Waals surface area contributed by atoms with E-state index in [1.54, 1.807) is 7.11 Å². The third-order valence-corrected chi connectivity index (χ3v) is 2.95. The number of carbonyl (C=O) groups excluding carboxylic acids is 1. The smallest absolute Gasteiger partial charge is 0.150 e. The summed E-state index contributed by atoms with van der Waals surface area (Å²) in [4.78, 5) is 11.0. The van der Waals surface area contributed by atoms with E-state index in [4.69, 9.17) is 4.74 Å². The van der Waals surface area contributed by atoms with Crippen LogP contribution >= 0.6 is 0 Å². The van der Waals surface area contributed by atoms with Crippen molar-refractivity contribution in [1.82, 2.24) is 0 Å². The van der Waals surface area contributed by atoms with E-state index in [-0.39, 0.29) is 0 Å². The van der Waals surface area contributed by atoms with Crippen molar-refractivity contribution in [1.29, 1.82) is 0 Å². The Bertz CT molecular complexity index is 515. The predicted molar refractivity (Wildman–Crippen MR) is 72.8 cm³/mol. The fraction of sp³-hybridized carbons (Fsp3) is 0.188. The quantitative estimate of drug-likeness (QED) is 0.749. The molecule has 2 aromatic carbocycles. The third-order valence-electron chi connectivity index (χ3n) is 2.95. The summed E-state index contributed by atoms with van der Waals surface area (Å²) in [6.45, 7) is 0.726. The van der Waals surface area contributed by atoms with Gasteiger partial charge in [0.2, 0.25) is 0 Å². The molecule has 2 aromatic rings. The Morgan fingerprint density at radius 2 is 1.78 bits per heavy atom. The van der Waals surface area contributed by atoms with Crippen LogP contribution in [0, 0.1) is 0 Å². The van der Waals surface area contributed by atoms with Crippen molar-refractivity contribution in [2.75, 3.05) is 13.7 Å². The molecule has 2 nitrogen and oxygen atoms in total. The van der Waals surface area contributed by atoms with Gasteiger partial charge in [-0.1, -0.05) is 48.5 Å². The Labute approximate surface area is 107 Å². The van der Waals surface area contributed by atoms with Gasteiger partial charge in [-0.25, -0.2) is 0 Å². The van der Waals surface area contributed by atoms with Crippen LogP contribution in [0.5, 0.6) is 0 Å². The van der Waals surface area contributed by atoms with E-state index < -0.39 is 0 Å². The highest BCUT2D eigenvalue weighted by atomic mass is 16.5. The zero-order valence-corrected chi connectivity index (χ0v) is 10.4. The standard InChI is InChI=1S/C16H16O2/c1-18-11-10-13-6-8-14(9-7-13)16-5-3-2-4-15(16)12-17/h2-9,12H,10-11H2,1H3. The lowest BCUT2D eigenvalue weighted by atomic mass is 9.99. The lowest BCUT2D eigenvalue weighted by molar-refractivity contribution is 0.112. The molecule has 0 aliphatic heterocycles. The van der Waals surface area contributed by atoms with Crippen LogP contribution < -0.4 is 0 Å². The van der Waals surface area contributed by atoms with Crippen LogP contribution in [-0.4, -0.2) is 20.0 Å². The second-order valence-electron chi connectivity index (χ2n) is 4.14. The maximum atomic E-state index is 11.0. The van der Waals surface area contributed by atoms with Crippen LogP contribution in [0.25, 0.3) is 11.1 Å². The number of hydrogen-bond donors (Lipinski definition) is 0. The summed E-state index contributed by atoms with van der Waals surface area (Å²) in [5.41, 5.74) is 4.01. The molecular weight excluding hydrogens is 224 g/mol. The summed E-state index contributed by atoms with van der Waals surface area (Å²) in [5, 5.41) is 0. The van der Waals surface area contributed by atoms with Gasteiger partial charge in [0.25, 0.3) is 0 Å². The molecular formula is C16H16O2. The largest absolute Gasteiger partial charge is 0.384 e. The number of ether oxygens (including phenoxy) is 1. The van der Waals surface area contributed by atoms with Gasteiger partial charge in [-0.3, -0.25) is 4.79 Å². The van der Waals surface area contributed by atoms with Crippen molar-refractivity contribution in [2.45, 2.75) is 6.42 Å². The molecule has 2 rings (SSSR count). The first kappa shape index (κ1) is 12.5. The molecule has 0 saturated heterocycles. The molecule has 0 amide bonds. The SMILES string of the molecule is COCCc1ccc(-c2ccccc2C=O)cc1. The molecule has 0 atom stereocenters. The van der Waals surface area contributed by atoms with Gasteiger partial charge in [-0.05, 0) is 23.1 Å². The molecule has 0 aliphatic rings. The highest BCUT2D eigenvalue weighted by Crippen LogP contribution is 2.23. The highest BCUT2D eigenvalue weighted by molar-refractivity contribution is 5.87. The molecule has 0 unspecified atom stereocenters. The van der Waals surface area contributed by atoms with Gasteiger partial charge in [0.05, 0.1) is 6.61 Å². The lowest BCUT2D eigenvalue weighted by Crippen LogP contribution is -1.94. The molecule has 0 bridgehead atoms. The van der Waals surface area contributed by atoms with E-state index in [2.05, 4.69) is 12.1 Å². The average molecular weight is 240 g/mol. The van der Waals surface area contributed by atoms with Crippen molar-refractivity contribution in [3.05, 3.63) is 59.7 Å². The lowest BCUT2D eigenvalue weighted by Gasteiger charge is -2.06. The van der Waals surface area contributed by atoms with Crippen LogP contribution in [0.1, 0.15) is 15.9 Å². The first-order chi connectivity index (χ1) is 8.85. The summed E-state index contributed by atoms with van der Waals surface area (Å²) < 4.78 is 5.05. The molecule has 0 radical (unpaired) electrons. The maximum absolute atomic E-state index is 11.0. The van der Waals surface area contributed by atoms with E-state index in [1.807, 2.05) is 36.4 Å².